The fraction of sp³-hybridized carbons (Fsp3) is 0.333. The minimum atomic E-state index is 0.611. The van der Waals surface area contributed by atoms with Gasteiger partial charge in [-0.3, -0.25) is 0 Å². The SMILES string of the molecule is COc1cccc2c1CCC=C2CN. The van der Waals surface area contributed by atoms with E-state index in [0.717, 1.165) is 18.6 Å². The van der Waals surface area contributed by atoms with Crippen LogP contribution >= 0.6 is 0 Å². The predicted octanol–water partition coefficient (Wildman–Crippen LogP) is 1.98. The third kappa shape index (κ3) is 1.42. The molecule has 1 aromatic carbocycles. The lowest BCUT2D eigenvalue weighted by Crippen LogP contribution is -2.09. The molecule has 0 saturated carbocycles. The molecule has 2 N–H and O–H groups in total. The highest BCUT2D eigenvalue weighted by Gasteiger charge is 2.14. The van der Waals surface area contributed by atoms with Crippen LogP contribution in [-0.2, 0) is 6.42 Å². The smallest absolute Gasteiger partial charge is 0.122 e. The normalized spacial score (nSPS) is 14.6. The molecular weight excluding hydrogens is 174 g/mol. The van der Waals surface area contributed by atoms with Gasteiger partial charge in [-0.15, -0.1) is 0 Å². The molecule has 1 aliphatic rings. The van der Waals surface area contributed by atoms with Crippen molar-refractivity contribution in [1.29, 1.82) is 0 Å². The lowest BCUT2D eigenvalue weighted by atomic mass is 9.90. The van der Waals surface area contributed by atoms with Crippen LogP contribution in [0.1, 0.15) is 17.5 Å². The van der Waals surface area contributed by atoms with Crippen molar-refractivity contribution < 1.29 is 4.74 Å². The van der Waals surface area contributed by atoms with E-state index in [1.807, 2.05) is 12.1 Å². The second-order valence-electron chi connectivity index (χ2n) is 3.46. The Bertz CT molecular complexity index is 369. The van der Waals surface area contributed by atoms with Crippen LogP contribution < -0.4 is 10.5 Å². The average molecular weight is 189 g/mol. The van der Waals surface area contributed by atoms with E-state index >= 15 is 0 Å². The minimum Gasteiger partial charge on any atom is -0.496 e. The van der Waals surface area contributed by atoms with E-state index in [2.05, 4.69) is 12.1 Å². The third-order valence-electron chi connectivity index (χ3n) is 2.70. The molecule has 14 heavy (non-hydrogen) atoms. The third-order valence-corrected chi connectivity index (χ3v) is 2.70. The van der Waals surface area contributed by atoms with Crippen LogP contribution in [0.3, 0.4) is 0 Å². The van der Waals surface area contributed by atoms with E-state index in [4.69, 9.17) is 10.5 Å². The van der Waals surface area contributed by atoms with Gasteiger partial charge in [0.1, 0.15) is 5.75 Å². The van der Waals surface area contributed by atoms with Crippen molar-refractivity contribution in [3.8, 4) is 5.75 Å². The molecule has 1 aromatic rings. The standard InChI is InChI=1S/C12H15NO/c1-14-12-7-3-5-10-9(8-13)4-2-6-11(10)12/h3-5,7H,2,6,8,13H2,1H3. The fourth-order valence-corrected chi connectivity index (χ4v) is 2.01. The summed E-state index contributed by atoms with van der Waals surface area (Å²) in [6.45, 7) is 0.611. The molecule has 0 amide bonds. The second-order valence-corrected chi connectivity index (χ2v) is 3.46. The molecular formula is C12H15NO. The highest BCUT2D eigenvalue weighted by atomic mass is 16.5. The van der Waals surface area contributed by atoms with Crippen LogP contribution in [0.4, 0.5) is 0 Å². The first-order valence-corrected chi connectivity index (χ1v) is 4.92. The van der Waals surface area contributed by atoms with E-state index in [0.29, 0.717) is 6.54 Å². The zero-order chi connectivity index (χ0) is 9.97. The van der Waals surface area contributed by atoms with Gasteiger partial charge in [0.15, 0.2) is 0 Å². The van der Waals surface area contributed by atoms with Crippen LogP contribution in [0.25, 0.3) is 5.57 Å². The Labute approximate surface area is 84.4 Å². The molecule has 0 unspecified atom stereocenters. The van der Waals surface area contributed by atoms with Crippen LogP contribution in [0.5, 0.6) is 5.75 Å². The van der Waals surface area contributed by atoms with Crippen LogP contribution in [0.2, 0.25) is 0 Å². The molecule has 2 nitrogen and oxygen atoms in total. The number of hydrogen-bond acceptors (Lipinski definition) is 2. The van der Waals surface area contributed by atoms with E-state index < -0.39 is 0 Å². The molecule has 74 valence electrons. The molecule has 0 aromatic heterocycles. The highest BCUT2D eigenvalue weighted by molar-refractivity contribution is 5.73. The molecule has 1 aliphatic carbocycles. The lowest BCUT2D eigenvalue weighted by molar-refractivity contribution is 0.409. The maximum Gasteiger partial charge on any atom is 0.122 e. The number of fused-ring (bicyclic) bond motifs is 1. The second kappa shape index (κ2) is 3.84. The molecule has 0 aliphatic heterocycles. The quantitative estimate of drug-likeness (QED) is 0.772. The zero-order valence-corrected chi connectivity index (χ0v) is 8.42. The summed E-state index contributed by atoms with van der Waals surface area (Å²) in [4.78, 5) is 0. The predicted molar refractivity (Wildman–Crippen MR) is 58.3 cm³/mol. The fourth-order valence-electron chi connectivity index (χ4n) is 2.01. The topological polar surface area (TPSA) is 35.2 Å². The maximum atomic E-state index is 5.70. The molecule has 0 fully saturated rings. The Morgan fingerprint density at radius 1 is 1.43 bits per heavy atom. The summed E-state index contributed by atoms with van der Waals surface area (Å²) >= 11 is 0. The molecule has 0 heterocycles. The number of ether oxygens (including phenoxy) is 1. The highest BCUT2D eigenvalue weighted by Crippen LogP contribution is 2.32. The van der Waals surface area contributed by atoms with Crippen molar-refractivity contribution in [3.63, 3.8) is 0 Å². The summed E-state index contributed by atoms with van der Waals surface area (Å²) in [6, 6.07) is 6.15. The number of methoxy groups -OCH3 is 1. The van der Waals surface area contributed by atoms with Gasteiger partial charge in [0.25, 0.3) is 0 Å². The number of nitrogens with two attached hydrogens (primary N) is 1. The summed E-state index contributed by atoms with van der Waals surface area (Å²) in [6.07, 6.45) is 4.35. The Morgan fingerprint density at radius 3 is 3.00 bits per heavy atom. The van der Waals surface area contributed by atoms with E-state index in [-0.39, 0.29) is 0 Å². The summed E-state index contributed by atoms with van der Waals surface area (Å²) < 4.78 is 5.34. The van der Waals surface area contributed by atoms with Gasteiger partial charge < -0.3 is 10.5 Å². The Hall–Kier alpha value is -1.28. The van der Waals surface area contributed by atoms with Crippen molar-refractivity contribution in [1.82, 2.24) is 0 Å². The largest absolute Gasteiger partial charge is 0.496 e. The monoisotopic (exact) mass is 189 g/mol. The average Bonchev–Trinajstić information content (AvgIpc) is 2.27. The van der Waals surface area contributed by atoms with Gasteiger partial charge in [0, 0.05) is 12.1 Å². The van der Waals surface area contributed by atoms with E-state index in [1.165, 1.54) is 16.7 Å². The Morgan fingerprint density at radius 2 is 2.29 bits per heavy atom. The molecule has 0 spiro atoms. The van der Waals surface area contributed by atoms with Crippen molar-refractivity contribution in [2.75, 3.05) is 13.7 Å². The van der Waals surface area contributed by atoms with Crippen molar-refractivity contribution in [2.24, 2.45) is 5.73 Å². The van der Waals surface area contributed by atoms with Gasteiger partial charge in [0.05, 0.1) is 7.11 Å². The van der Waals surface area contributed by atoms with E-state index in [1.54, 1.807) is 7.11 Å². The minimum absolute atomic E-state index is 0.611. The number of hydrogen-bond donors (Lipinski definition) is 1. The van der Waals surface area contributed by atoms with Crippen molar-refractivity contribution in [3.05, 3.63) is 35.4 Å². The van der Waals surface area contributed by atoms with Gasteiger partial charge in [-0.2, -0.15) is 0 Å². The van der Waals surface area contributed by atoms with Crippen LogP contribution in [0, 0.1) is 0 Å². The lowest BCUT2D eigenvalue weighted by Gasteiger charge is -2.19. The zero-order valence-electron chi connectivity index (χ0n) is 8.42. The number of rotatable bonds is 2. The first-order valence-electron chi connectivity index (χ1n) is 4.92. The molecule has 2 heteroatoms. The number of allylic oxidation sites excluding steroid dienone is 1. The van der Waals surface area contributed by atoms with E-state index in [9.17, 15) is 0 Å². The molecule has 0 bridgehead atoms. The first kappa shape index (κ1) is 9.28. The first-order chi connectivity index (χ1) is 6.86. The summed E-state index contributed by atoms with van der Waals surface area (Å²) in [5.41, 5.74) is 9.51. The Balaban J connectivity index is 2.52. The number of benzene rings is 1. The maximum absolute atomic E-state index is 5.70. The summed E-state index contributed by atoms with van der Waals surface area (Å²) in [5.74, 6) is 0.988. The van der Waals surface area contributed by atoms with Crippen LogP contribution in [-0.4, -0.2) is 13.7 Å². The van der Waals surface area contributed by atoms with Gasteiger partial charge in [-0.25, -0.2) is 0 Å². The molecule has 0 atom stereocenters. The van der Waals surface area contributed by atoms with Gasteiger partial charge in [-0.1, -0.05) is 18.2 Å². The van der Waals surface area contributed by atoms with Crippen LogP contribution in [0.15, 0.2) is 24.3 Å². The summed E-state index contributed by atoms with van der Waals surface area (Å²) in [7, 11) is 1.72. The van der Waals surface area contributed by atoms with Gasteiger partial charge >= 0.3 is 0 Å². The Kier molecular flexibility index (Phi) is 2.55. The van der Waals surface area contributed by atoms with Gasteiger partial charge in [-0.05, 0) is 30.0 Å². The summed E-state index contributed by atoms with van der Waals surface area (Å²) in [5, 5.41) is 0. The molecule has 2 rings (SSSR count). The van der Waals surface area contributed by atoms with Gasteiger partial charge in [0.2, 0.25) is 0 Å². The van der Waals surface area contributed by atoms with Crippen molar-refractivity contribution >= 4 is 5.57 Å². The molecule has 0 saturated heterocycles. The molecule has 0 radical (unpaired) electrons. The van der Waals surface area contributed by atoms with Crippen molar-refractivity contribution in [2.45, 2.75) is 12.8 Å².